The number of anilines is 1. The Labute approximate surface area is 190 Å². The number of amidine groups is 1. The van der Waals surface area contributed by atoms with Gasteiger partial charge in [-0.25, -0.2) is 4.79 Å². The molecule has 0 heterocycles. The molecule has 0 radical (unpaired) electrons. The smallest absolute Gasteiger partial charge is 0.330 e. The lowest BCUT2D eigenvalue weighted by Crippen LogP contribution is -2.23. The Bertz CT molecular complexity index is 934. The van der Waals surface area contributed by atoms with Crippen LogP contribution in [0.3, 0.4) is 0 Å². The lowest BCUT2D eigenvalue weighted by Gasteiger charge is -2.24. The van der Waals surface area contributed by atoms with Crippen LogP contribution < -0.4 is 15.8 Å². The van der Waals surface area contributed by atoms with E-state index in [9.17, 15) is 9.90 Å². The molecular formula is C26H35N3O3. The maximum atomic E-state index is 12.4. The Hall–Kier alpha value is -3.02. The van der Waals surface area contributed by atoms with Crippen molar-refractivity contribution < 1.29 is 14.6 Å². The van der Waals surface area contributed by atoms with Crippen LogP contribution in [0.5, 0.6) is 5.75 Å². The van der Waals surface area contributed by atoms with Gasteiger partial charge in [0.05, 0.1) is 6.61 Å². The molecule has 1 saturated carbocycles. The molecule has 1 aliphatic rings. The van der Waals surface area contributed by atoms with Crippen molar-refractivity contribution in [2.75, 3.05) is 11.9 Å². The van der Waals surface area contributed by atoms with Gasteiger partial charge in [0.15, 0.2) is 6.04 Å². The first-order valence-electron chi connectivity index (χ1n) is 11.6. The van der Waals surface area contributed by atoms with Crippen molar-refractivity contribution in [3.05, 3.63) is 58.7 Å². The highest BCUT2D eigenvalue weighted by molar-refractivity contribution is 5.95. The number of carbonyl (C=O) groups is 1. The first-order valence-corrected chi connectivity index (χ1v) is 11.6. The van der Waals surface area contributed by atoms with Gasteiger partial charge >= 0.3 is 5.97 Å². The monoisotopic (exact) mass is 437 g/mol. The van der Waals surface area contributed by atoms with E-state index in [0.29, 0.717) is 29.3 Å². The second kappa shape index (κ2) is 11.0. The van der Waals surface area contributed by atoms with Gasteiger partial charge in [-0.3, -0.25) is 5.41 Å². The first-order chi connectivity index (χ1) is 15.4. The quantitative estimate of drug-likeness (QED) is 0.282. The van der Waals surface area contributed by atoms with Gasteiger partial charge in [-0.1, -0.05) is 39.2 Å². The Balaban J connectivity index is 1.97. The number of nitrogen functional groups attached to an aromatic ring is 1. The number of hydrogen-bond donors (Lipinski definition) is 4. The molecule has 0 amide bonds. The van der Waals surface area contributed by atoms with Crippen molar-refractivity contribution in [2.24, 2.45) is 11.7 Å². The molecule has 0 saturated heterocycles. The summed E-state index contributed by atoms with van der Waals surface area (Å²) in [6.07, 6.45) is 7.47. The molecule has 0 aromatic heterocycles. The molecule has 0 spiro atoms. The third kappa shape index (κ3) is 5.81. The van der Waals surface area contributed by atoms with Gasteiger partial charge in [0.25, 0.3) is 0 Å². The number of ether oxygens (including phenoxy) is 1. The van der Waals surface area contributed by atoms with E-state index in [2.05, 4.69) is 25.2 Å². The van der Waals surface area contributed by atoms with Gasteiger partial charge < -0.3 is 20.9 Å². The highest BCUT2D eigenvalue weighted by Crippen LogP contribution is 2.36. The van der Waals surface area contributed by atoms with Crippen molar-refractivity contribution >= 4 is 17.5 Å². The van der Waals surface area contributed by atoms with Crippen LogP contribution in [-0.2, 0) is 17.6 Å². The van der Waals surface area contributed by atoms with Crippen LogP contribution in [0.2, 0.25) is 0 Å². The summed E-state index contributed by atoms with van der Waals surface area (Å²) in [5.74, 6) is 0.283. The summed E-state index contributed by atoms with van der Waals surface area (Å²) in [5.41, 5.74) is 9.66. The van der Waals surface area contributed by atoms with Crippen molar-refractivity contribution in [2.45, 2.75) is 64.8 Å². The van der Waals surface area contributed by atoms with E-state index in [-0.39, 0.29) is 5.84 Å². The van der Waals surface area contributed by atoms with Gasteiger partial charge in [-0.15, -0.1) is 0 Å². The molecule has 32 heavy (non-hydrogen) atoms. The van der Waals surface area contributed by atoms with Gasteiger partial charge in [0.1, 0.15) is 11.6 Å². The average Bonchev–Trinajstić information content (AvgIpc) is 3.30. The van der Waals surface area contributed by atoms with Crippen LogP contribution in [-0.4, -0.2) is 23.5 Å². The Morgan fingerprint density at radius 3 is 2.47 bits per heavy atom. The maximum Gasteiger partial charge on any atom is 0.330 e. The fourth-order valence-electron chi connectivity index (χ4n) is 4.39. The molecule has 0 bridgehead atoms. The number of aryl methyl sites for hydroxylation is 2. The van der Waals surface area contributed by atoms with E-state index < -0.39 is 12.0 Å². The summed E-state index contributed by atoms with van der Waals surface area (Å²) in [4.78, 5) is 12.4. The van der Waals surface area contributed by atoms with E-state index in [1.165, 1.54) is 25.7 Å². The molecule has 0 unspecified atom stereocenters. The molecule has 172 valence electrons. The fraction of sp³-hybridized carbons (Fsp3) is 0.462. The van der Waals surface area contributed by atoms with Crippen molar-refractivity contribution in [1.29, 1.82) is 5.41 Å². The number of hydrogen-bond acceptors (Lipinski definition) is 4. The second-order valence-electron chi connectivity index (χ2n) is 8.64. The van der Waals surface area contributed by atoms with Crippen LogP contribution in [0.15, 0.2) is 36.4 Å². The van der Waals surface area contributed by atoms with Crippen LogP contribution in [0.25, 0.3) is 0 Å². The minimum absolute atomic E-state index is 0.0196. The predicted octanol–water partition coefficient (Wildman–Crippen LogP) is 5.29. The number of benzene rings is 2. The van der Waals surface area contributed by atoms with E-state index in [1.54, 1.807) is 24.3 Å². The molecular weight excluding hydrogens is 402 g/mol. The number of rotatable bonds is 11. The summed E-state index contributed by atoms with van der Waals surface area (Å²) in [6.45, 7) is 4.84. The normalized spacial score (nSPS) is 14.8. The Morgan fingerprint density at radius 2 is 1.91 bits per heavy atom. The van der Waals surface area contributed by atoms with E-state index >= 15 is 0 Å². The largest absolute Gasteiger partial charge is 0.493 e. The fourth-order valence-corrected chi connectivity index (χ4v) is 4.39. The Morgan fingerprint density at radius 1 is 1.22 bits per heavy atom. The molecule has 1 atom stereocenters. The minimum Gasteiger partial charge on any atom is -0.493 e. The molecule has 6 heteroatoms. The van der Waals surface area contributed by atoms with Crippen LogP contribution in [0.1, 0.15) is 74.2 Å². The second-order valence-corrected chi connectivity index (χ2v) is 8.64. The summed E-state index contributed by atoms with van der Waals surface area (Å²) in [7, 11) is 0. The third-order valence-electron chi connectivity index (χ3n) is 6.18. The highest BCUT2D eigenvalue weighted by atomic mass is 16.5. The van der Waals surface area contributed by atoms with Gasteiger partial charge in [-0.2, -0.15) is 0 Å². The van der Waals surface area contributed by atoms with Gasteiger partial charge in [-0.05, 0) is 73.1 Å². The molecule has 1 aliphatic carbocycles. The number of carboxylic acids is 1. The summed E-state index contributed by atoms with van der Waals surface area (Å²) >= 11 is 0. The van der Waals surface area contributed by atoms with E-state index in [4.69, 9.17) is 15.9 Å². The van der Waals surface area contributed by atoms with E-state index in [0.717, 1.165) is 36.1 Å². The highest BCUT2D eigenvalue weighted by Gasteiger charge is 2.27. The zero-order valence-electron chi connectivity index (χ0n) is 19.1. The molecule has 3 rings (SSSR count). The summed E-state index contributed by atoms with van der Waals surface area (Å²) in [6, 6.07) is 10.1. The van der Waals surface area contributed by atoms with Crippen molar-refractivity contribution in [3.63, 3.8) is 0 Å². The maximum absolute atomic E-state index is 12.4. The van der Waals surface area contributed by atoms with Crippen LogP contribution in [0.4, 0.5) is 5.69 Å². The molecule has 6 nitrogen and oxygen atoms in total. The lowest BCUT2D eigenvalue weighted by molar-refractivity contribution is -0.138. The Kier molecular flexibility index (Phi) is 8.14. The predicted molar refractivity (Wildman–Crippen MR) is 129 cm³/mol. The number of nitrogens with one attached hydrogen (secondary N) is 2. The zero-order valence-corrected chi connectivity index (χ0v) is 19.1. The number of carboxylic acid groups (broad SMARTS) is 1. The van der Waals surface area contributed by atoms with Crippen LogP contribution >= 0.6 is 0 Å². The SMILES string of the molecule is CCCc1cc(CC)cc([C@@H](Nc2ccc(C(=N)N)cc2)C(=O)O)c1OCC1CCCC1. The standard InChI is InChI=1S/C26H35N3O3/c1-3-7-20-14-17(4-2)15-22(24(20)32-16-18-8-5-6-9-18)23(26(30)31)29-21-12-10-19(11-13-21)25(27)28/h10-15,18,23,29H,3-9,16H2,1-2H3,(H3,27,28)(H,30,31)/t23-/m1/s1. The van der Waals surface area contributed by atoms with Crippen molar-refractivity contribution in [3.8, 4) is 5.75 Å². The molecule has 0 aliphatic heterocycles. The van der Waals surface area contributed by atoms with Gasteiger partial charge in [0.2, 0.25) is 0 Å². The molecule has 2 aromatic carbocycles. The topological polar surface area (TPSA) is 108 Å². The zero-order chi connectivity index (χ0) is 23.1. The summed E-state index contributed by atoms with van der Waals surface area (Å²) in [5, 5.41) is 20.9. The lowest BCUT2D eigenvalue weighted by atomic mass is 9.95. The van der Waals surface area contributed by atoms with Crippen LogP contribution in [0, 0.1) is 11.3 Å². The molecule has 2 aromatic rings. The minimum atomic E-state index is -0.956. The molecule has 5 N–H and O–H groups in total. The summed E-state index contributed by atoms with van der Waals surface area (Å²) < 4.78 is 6.38. The van der Waals surface area contributed by atoms with E-state index in [1.807, 2.05) is 6.07 Å². The van der Waals surface area contributed by atoms with Gasteiger partial charge in [0, 0.05) is 16.8 Å². The average molecular weight is 438 g/mol. The number of aliphatic carboxylic acids is 1. The van der Waals surface area contributed by atoms with Crippen molar-refractivity contribution in [1.82, 2.24) is 0 Å². The number of nitrogens with two attached hydrogens (primary N) is 1. The first kappa shape index (κ1) is 23.6. The molecule has 1 fully saturated rings. The third-order valence-corrected chi connectivity index (χ3v) is 6.18.